The molecular weight excluding hydrogens is 553 g/mol. The molecule has 0 radical (unpaired) electrons. The molecule has 1 aromatic rings. The van der Waals surface area contributed by atoms with E-state index in [0.29, 0.717) is 18.4 Å². The number of aliphatic hydroxyl groups is 1. The molecule has 1 rings (SSSR count). The van der Waals surface area contributed by atoms with Crippen LogP contribution in [0.3, 0.4) is 0 Å². The minimum atomic E-state index is -5.01. The van der Waals surface area contributed by atoms with Crippen molar-refractivity contribution in [3.63, 3.8) is 0 Å². The third kappa shape index (κ3) is 16.5. The molecule has 1 aromatic carbocycles. The Morgan fingerprint density at radius 1 is 0.825 bits per heavy atom. The van der Waals surface area contributed by atoms with E-state index >= 15 is 0 Å². The quantitative estimate of drug-likeness (QED) is 0.0735. The van der Waals surface area contributed by atoms with Gasteiger partial charge in [-0.15, -0.1) is 0 Å². The number of sulfonamides is 1. The van der Waals surface area contributed by atoms with Gasteiger partial charge in [-0.1, -0.05) is 128 Å². The topological polar surface area (TPSA) is 153 Å². The van der Waals surface area contributed by atoms with Crippen LogP contribution in [0.1, 0.15) is 116 Å². The Morgan fingerprint density at radius 3 is 1.85 bits per heavy atom. The lowest BCUT2D eigenvalue weighted by Crippen LogP contribution is -2.52. The predicted molar refractivity (Wildman–Crippen MR) is 161 cm³/mol. The lowest BCUT2D eigenvalue weighted by atomic mass is 9.99. The SMILES string of the molecule is CCCCCCCCCCS(=O)(=O)NC(CCCCCCCC)C(O)C(OCc1ccccc1)C(=O)[P+](O)(O)O. The van der Waals surface area contributed by atoms with Gasteiger partial charge in [0.15, 0.2) is 6.10 Å². The first-order chi connectivity index (χ1) is 19.0. The van der Waals surface area contributed by atoms with Gasteiger partial charge in [-0.2, -0.15) is 14.7 Å². The van der Waals surface area contributed by atoms with E-state index in [4.69, 9.17) is 4.74 Å². The molecule has 5 N–H and O–H groups in total. The number of aliphatic hydroxyl groups excluding tert-OH is 1. The van der Waals surface area contributed by atoms with Crippen LogP contribution in [0.25, 0.3) is 0 Å². The van der Waals surface area contributed by atoms with Crippen molar-refractivity contribution >= 4 is 23.5 Å². The summed E-state index contributed by atoms with van der Waals surface area (Å²) in [4.78, 5) is 41.8. The summed E-state index contributed by atoms with van der Waals surface area (Å²) in [6.45, 7) is 4.13. The largest absolute Gasteiger partial charge is 0.481 e. The Balaban J connectivity index is 2.91. The normalized spacial score (nSPS) is 14.7. The highest BCUT2D eigenvalue weighted by atomic mass is 32.2. The maximum absolute atomic E-state index is 13.0. The van der Waals surface area contributed by atoms with Crippen LogP contribution in [-0.2, 0) is 26.2 Å². The molecule has 0 bridgehead atoms. The van der Waals surface area contributed by atoms with Crippen LogP contribution < -0.4 is 4.72 Å². The van der Waals surface area contributed by atoms with Crippen molar-refractivity contribution in [2.45, 2.75) is 135 Å². The molecule has 0 spiro atoms. The van der Waals surface area contributed by atoms with Crippen molar-refractivity contribution in [2.75, 3.05) is 5.75 Å². The van der Waals surface area contributed by atoms with Crippen molar-refractivity contribution in [3.05, 3.63) is 35.9 Å². The van der Waals surface area contributed by atoms with Crippen LogP contribution in [-0.4, -0.2) is 57.7 Å². The molecule has 232 valence electrons. The molecule has 0 aromatic heterocycles. The number of unbranched alkanes of at least 4 members (excludes halogenated alkanes) is 12. The first-order valence-corrected chi connectivity index (χ1v) is 18.3. The average molecular weight is 607 g/mol. The summed E-state index contributed by atoms with van der Waals surface area (Å²) >= 11 is 0. The van der Waals surface area contributed by atoms with Crippen molar-refractivity contribution in [1.29, 1.82) is 0 Å². The summed E-state index contributed by atoms with van der Waals surface area (Å²) in [7, 11) is -8.81. The second kappa shape index (κ2) is 20.8. The van der Waals surface area contributed by atoms with E-state index < -0.39 is 41.7 Å². The first-order valence-electron chi connectivity index (χ1n) is 15.0. The molecule has 0 amide bonds. The molecular formula is C29H53NO8PS+. The second-order valence-corrected chi connectivity index (χ2v) is 14.1. The molecule has 0 aliphatic rings. The second-order valence-electron chi connectivity index (χ2n) is 10.7. The van der Waals surface area contributed by atoms with Gasteiger partial charge in [0.25, 0.3) is 0 Å². The summed E-state index contributed by atoms with van der Waals surface area (Å²) < 4.78 is 34.1. The fourth-order valence-electron chi connectivity index (χ4n) is 4.62. The monoisotopic (exact) mass is 606 g/mol. The van der Waals surface area contributed by atoms with E-state index in [-0.39, 0.29) is 18.8 Å². The highest BCUT2D eigenvalue weighted by Crippen LogP contribution is 2.47. The molecule has 0 heterocycles. The molecule has 0 aliphatic carbocycles. The van der Waals surface area contributed by atoms with Crippen molar-refractivity contribution in [2.24, 2.45) is 0 Å². The molecule has 40 heavy (non-hydrogen) atoms. The molecule has 0 saturated heterocycles. The number of hydrogen-bond acceptors (Lipinski definition) is 8. The minimum Gasteiger partial charge on any atom is -0.388 e. The lowest BCUT2D eigenvalue weighted by molar-refractivity contribution is -0.135. The highest BCUT2D eigenvalue weighted by molar-refractivity contribution is 7.89. The fraction of sp³-hybridized carbons (Fsp3) is 0.759. The Kier molecular flexibility index (Phi) is 19.3. The Bertz CT molecular complexity index is 895. The first kappa shape index (κ1) is 37.1. The zero-order valence-electron chi connectivity index (χ0n) is 24.4. The van der Waals surface area contributed by atoms with Gasteiger partial charge >= 0.3 is 13.5 Å². The molecule has 3 unspecified atom stereocenters. The van der Waals surface area contributed by atoms with E-state index in [0.717, 1.165) is 57.8 Å². The molecule has 0 aliphatic heterocycles. The molecule has 0 fully saturated rings. The van der Waals surface area contributed by atoms with E-state index in [1.165, 1.54) is 19.3 Å². The fourth-order valence-corrected chi connectivity index (χ4v) is 6.61. The van der Waals surface area contributed by atoms with Crippen molar-refractivity contribution in [3.8, 4) is 0 Å². The number of hydrogen-bond donors (Lipinski definition) is 5. The Morgan fingerprint density at radius 2 is 1.32 bits per heavy atom. The van der Waals surface area contributed by atoms with Gasteiger partial charge in [0.05, 0.1) is 18.4 Å². The summed E-state index contributed by atoms with van der Waals surface area (Å²) in [6, 6.07) is 7.68. The van der Waals surface area contributed by atoms with Crippen LogP contribution in [0.15, 0.2) is 30.3 Å². The molecule has 3 atom stereocenters. The smallest absolute Gasteiger partial charge is 0.388 e. The van der Waals surface area contributed by atoms with Gasteiger partial charge in [0, 0.05) is 0 Å². The standard InChI is InChI=1S/C29H53NO8PS/c1-3-5-7-9-11-12-14-19-23-40(36,37)30-26(22-18-13-10-8-6-4-2)27(31)28(29(32)39(33,34)35)38-24-25-20-16-15-17-21-25/h15-17,20-21,26-28,30-31,33-35H,3-14,18-19,22-24H2,1-2H3/q+1. The maximum Gasteiger partial charge on any atom is 0.481 e. The van der Waals surface area contributed by atoms with Gasteiger partial charge in [-0.05, 0) is 18.4 Å². The zero-order chi connectivity index (χ0) is 29.9. The average Bonchev–Trinajstić information content (AvgIpc) is 2.91. The number of nitrogens with one attached hydrogen (secondary N) is 1. The molecule has 9 nitrogen and oxygen atoms in total. The van der Waals surface area contributed by atoms with Crippen LogP contribution in [0.2, 0.25) is 0 Å². The number of carbonyl (C=O) groups is 1. The van der Waals surface area contributed by atoms with Crippen molar-refractivity contribution in [1.82, 2.24) is 4.72 Å². The van der Waals surface area contributed by atoms with Crippen LogP contribution in [0.4, 0.5) is 0 Å². The number of rotatable bonds is 25. The summed E-state index contributed by atoms with van der Waals surface area (Å²) in [5, 5.41) is 11.2. The van der Waals surface area contributed by atoms with E-state index in [1.54, 1.807) is 30.3 Å². The van der Waals surface area contributed by atoms with Gasteiger partial charge in [0.2, 0.25) is 10.0 Å². The predicted octanol–water partition coefficient (Wildman–Crippen LogP) is 5.38. The van der Waals surface area contributed by atoms with Crippen molar-refractivity contribution < 1.29 is 37.7 Å². The summed E-state index contributed by atoms with van der Waals surface area (Å²) in [5.74, 6) is -0.109. The van der Waals surface area contributed by atoms with E-state index in [1.807, 2.05) is 0 Å². The van der Waals surface area contributed by atoms with E-state index in [9.17, 15) is 33.0 Å². The Hall–Kier alpha value is -0.970. The highest BCUT2D eigenvalue weighted by Gasteiger charge is 2.52. The number of benzene rings is 1. The van der Waals surface area contributed by atoms with Crippen LogP contribution >= 0.6 is 7.94 Å². The summed E-state index contributed by atoms with van der Waals surface area (Å²) in [5.41, 5.74) is -0.792. The number of carbonyl (C=O) groups excluding carboxylic acids is 1. The van der Waals surface area contributed by atoms with E-state index in [2.05, 4.69) is 18.6 Å². The van der Waals surface area contributed by atoms with Crippen LogP contribution in [0, 0.1) is 0 Å². The maximum atomic E-state index is 13.0. The van der Waals surface area contributed by atoms with Gasteiger partial charge in [-0.3, -0.25) is 0 Å². The third-order valence-corrected chi connectivity index (χ3v) is 9.33. The third-order valence-electron chi connectivity index (χ3n) is 7.00. The molecule has 11 heteroatoms. The van der Waals surface area contributed by atoms with Gasteiger partial charge < -0.3 is 9.84 Å². The van der Waals surface area contributed by atoms with Gasteiger partial charge in [0.1, 0.15) is 6.10 Å². The minimum absolute atomic E-state index is 0.109. The van der Waals surface area contributed by atoms with Crippen LogP contribution in [0.5, 0.6) is 0 Å². The lowest BCUT2D eigenvalue weighted by Gasteiger charge is -2.29. The zero-order valence-corrected chi connectivity index (χ0v) is 26.1. The summed E-state index contributed by atoms with van der Waals surface area (Å²) in [6.07, 6.45) is 10.3. The number of ether oxygens (including phenoxy) is 1. The molecule has 0 saturated carbocycles. The Labute approximate surface area is 242 Å². The van der Waals surface area contributed by atoms with Gasteiger partial charge in [-0.25, -0.2) is 17.9 Å².